The van der Waals surface area contributed by atoms with Crippen molar-refractivity contribution < 1.29 is 18.0 Å². The average Bonchev–Trinajstić information content (AvgIpc) is 3.04. The first kappa shape index (κ1) is 20.4. The maximum absolute atomic E-state index is 13.0. The van der Waals surface area contributed by atoms with Gasteiger partial charge in [0.2, 0.25) is 5.91 Å². The van der Waals surface area contributed by atoms with Gasteiger partial charge in [-0.15, -0.1) is 0 Å². The third-order valence-corrected chi connectivity index (χ3v) is 6.39. The van der Waals surface area contributed by atoms with E-state index in [9.17, 15) is 18.0 Å². The molecule has 0 bridgehead atoms. The molecule has 148 valence electrons. The molecule has 28 heavy (non-hydrogen) atoms. The van der Waals surface area contributed by atoms with Crippen molar-refractivity contribution >= 4 is 38.9 Å². The van der Waals surface area contributed by atoms with E-state index in [0.717, 1.165) is 12.7 Å². The van der Waals surface area contributed by atoms with Crippen LogP contribution in [0.5, 0.6) is 0 Å². The minimum absolute atomic E-state index is 0.0158. The largest absolute Gasteiger partial charge is 0.309 e. The fraction of sp³-hybridized carbons (Fsp3) is 0.368. The van der Waals surface area contributed by atoms with Crippen LogP contribution in [0.2, 0.25) is 5.02 Å². The first-order valence-corrected chi connectivity index (χ1v) is 11.1. The van der Waals surface area contributed by atoms with Crippen LogP contribution in [0.4, 0.5) is 5.82 Å². The molecule has 1 N–H and O–H groups in total. The summed E-state index contributed by atoms with van der Waals surface area (Å²) in [4.78, 5) is 32.6. The Balaban J connectivity index is 1.90. The lowest BCUT2D eigenvalue weighted by Gasteiger charge is -2.20. The molecule has 1 heterocycles. The van der Waals surface area contributed by atoms with Gasteiger partial charge in [-0.2, -0.15) is 0 Å². The Bertz CT molecular complexity index is 995. The molecule has 1 aromatic heterocycles. The lowest BCUT2D eigenvalue weighted by molar-refractivity contribution is -0.119. The highest BCUT2D eigenvalue weighted by atomic mass is 35.5. The number of Topliss-reactive ketones (excluding diaryl/α,β-unsaturated/α-hetero) is 1. The summed E-state index contributed by atoms with van der Waals surface area (Å²) in [7, 11) is -3.47. The van der Waals surface area contributed by atoms with Crippen LogP contribution in [-0.2, 0) is 19.4 Å². The van der Waals surface area contributed by atoms with Gasteiger partial charge in [-0.1, -0.05) is 17.7 Å². The summed E-state index contributed by atoms with van der Waals surface area (Å²) in [6.45, 7) is 0. The van der Waals surface area contributed by atoms with Gasteiger partial charge >= 0.3 is 0 Å². The number of hydrogen-bond donors (Lipinski definition) is 1. The molecule has 0 radical (unpaired) electrons. The molecule has 1 amide bonds. The number of hydrogen-bond acceptors (Lipinski definition) is 6. The first-order valence-electron chi connectivity index (χ1n) is 8.82. The molecule has 0 aliphatic heterocycles. The number of carbonyl (C=O) groups is 2. The summed E-state index contributed by atoms with van der Waals surface area (Å²) in [5, 5.41) is 2.80. The second-order valence-electron chi connectivity index (χ2n) is 6.98. The van der Waals surface area contributed by atoms with Gasteiger partial charge in [0.15, 0.2) is 15.7 Å². The van der Waals surface area contributed by atoms with Gasteiger partial charge in [0.1, 0.15) is 5.78 Å². The van der Waals surface area contributed by atoms with Crippen molar-refractivity contribution in [1.82, 2.24) is 9.97 Å². The fourth-order valence-electron chi connectivity index (χ4n) is 3.43. The summed E-state index contributed by atoms with van der Waals surface area (Å²) in [5.41, 5.74) is 0.595. The second kappa shape index (κ2) is 8.36. The zero-order chi connectivity index (χ0) is 20.3. The van der Waals surface area contributed by atoms with Crippen molar-refractivity contribution in [3.05, 3.63) is 47.4 Å². The SMILES string of the molecule is CS(=O)(=O)c1ccc([C@@H](CC2CCC(=O)C2)C(=O)Nc2cnccn2)cc1Cl. The number of halogens is 1. The minimum Gasteiger partial charge on any atom is -0.309 e. The third-order valence-electron chi connectivity index (χ3n) is 4.81. The molecular formula is C19H20ClN3O4S. The highest BCUT2D eigenvalue weighted by Crippen LogP contribution is 2.35. The van der Waals surface area contributed by atoms with Crippen LogP contribution in [0.25, 0.3) is 0 Å². The summed E-state index contributed by atoms with van der Waals surface area (Å²) >= 11 is 6.18. The zero-order valence-electron chi connectivity index (χ0n) is 15.3. The van der Waals surface area contributed by atoms with Crippen molar-refractivity contribution in [3.63, 3.8) is 0 Å². The van der Waals surface area contributed by atoms with E-state index < -0.39 is 15.8 Å². The molecule has 1 fully saturated rings. The number of aromatic nitrogens is 2. The number of anilines is 1. The average molecular weight is 422 g/mol. The topological polar surface area (TPSA) is 106 Å². The van der Waals surface area contributed by atoms with Gasteiger partial charge in [-0.05, 0) is 36.5 Å². The van der Waals surface area contributed by atoms with Crippen LogP contribution in [0, 0.1) is 5.92 Å². The van der Waals surface area contributed by atoms with E-state index in [1.807, 2.05) is 0 Å². The highest BCUT2D eigenvalue weighted by molar-refractivity contribution is 7.90. The lowest BCUT2D eigenvalue weighted by Crippen LogP contribution is -2.24. The van der Waals surface area contributed by atoms with Crippen LogP contribution < -0.4 is 5.32 Å². The summed E-state index contributed by atoms with van der Waals surface area (Å²) < 4.78 is 23.6. The summed E-state index contributed by atoms with van der Waals surface area (Å²) in [6, 6.07) is 4.52. The van der Waals surface area contributed by atoms with Gasteiger partial charge in [0.25, 0.3) is 0 Å². The minimum atomic E-state index is -3.47. The van der Waals surface area contributed by atoms with E-state index in [1.165, 1.54) is 30.7 Å². The molecule has 0 spiro atoms. The number of carbonyl (C=O) groups excluding carboxylic acids is 2. The highest BCUT2D eigenvalue weighted by Gasteiger charge is 2.30. The Morgan fingerprint density at radius 2 is 2.14 bits per heavy atom. The number of amides is 1. The number of nitrogens with zero attached hydrogens (tertiary/aromatic N) is 2. The van der Waals surface area contributed by atoms with Crippen LogP contribution in [0.15, 0.2) is 41.7 Å². The maximum Gasteiger partial charge on any atom is 0.233 e. The molecule has 2 atom stereocenters. The van der Waals surface area contributed by atoms with Gasteiger partial charge in [-0.3, -0.25) is 14.6 Å². The Kier molecular flexibility index (Phi) is 6.10. The second-order valence-corrected chi connectivity index (χ2v) is 9.37. The normalized spacial score (nSPS) is 18.1. The molecule has 1 aliphatic carbocycles. The number of nitrogens with one attached hydrogen (secondary N) is 1. The number of sulfone groups is 1. The zero-order valence-corrected chi connectivity index (χ0v) is 16.8. The van der Waals surface area contributed by atoms with Gasteiger partial charge < -0.3 is 5.32 Å². The predicted molar refractivity (Wildman–Crippen MR) is 105 cm³/mol. The third kappa shape index (κ3) is 4.94. The van der Waals surface area contributed by atoms with Crippen LogP contribution in [-0.4, -0.2) is 36.3 Å². The lowest BCUT2D eigenvalue weighted by atomic mass is 9.87. The van der Waals surface area contributed by atoms with E-state index in [0.29, 0.717) is 30.6 Å². The summed E-state index contributed by atoms with van der Waals surface area (Å²) in [5.74, 6) is -0.284. The Hall–Kier alpha value is -2.32. The molecule has 3 rings (SSSR count). The fourth-order valence-corrected chi connectivity index (χ4v) is 4.77. The smallest absolute Gasteiger partial charge is 0.233 e. The Morgan fingerprint density at radius 1 is 1.36 bits per heavy atom. The molecular weight excluding hydrogens is 402 g/mol. The van der Waals surface area contributed by atoms with Crippen molar-refractivity contribution in [2.24, 2.45) is 5.92 Å². The Morgan fingerprint density at radius 3 is 2.71 bits per heavy atom. The van der Waals surface area contributed by atoms with Gasteiger partial charge in [-0.25, -0.2) is 13.4 Å². The summed E-state index contributed by atoms with van der Waals surface area (Å²) in [6.07, 6.45) is 7.67. The van der Waals surface area contributed by atoms with E-state index in [4.69, 9.17) is 11.6 Å². The van der Waals surface area contributed by atoms with E-state index in [2.05, 4.69) is 15.3 Å². The van der Waals surface area contributed by atoms with Gasteiger partial charge in [0.05, 0.1) is 22.0 Å². The molecule has 9 heteroatoms. The maximum atomic E-state index is 13.0. The van der Waals surface area contributed by atoms with Crippen LogP contribution in [0.1, 0.15) is 37.2 Å². The van der Waals surface area contributed by atoms with Crippen molar-refractivity contribution in [2.75, 3.05) is 11.6 Å². The van der Waals surface area contributed by atoms with Crippen LogP contribution >= 0.6 is 11.6 Å². The number of rotatable bonds is 6. The number of benzene rings is 1. The molecule has 0 saturated heterocycles. The van der Waals surface area contributed by atoms with E-state index >= 15 is 0 Å². The quantitative estimate of drug-likeness (QED) is 0.768. The number of ketones is 1. The monoisotopic (exact) mass is 421 g/mol. The van der Waals surface area contributed by atoms with Crippen LogP contribution in [0.3, 0.4) is 0 Å². The molecule has 1 unspecified atom stereocenters. The molecule has 7 nitrogen and oxygen atoms in total. The van der Waals surface area contributed by atoms with Crippen molar-refractivity contribution in [3.8, 4) is 0 Å². The molecule has 1 saturated carbocycles. The molecule has 2 aromatic rings. The van der Waals surface area contributed by atoms with Gasteiger partial charge in [0, 0.05) is 31.5 Å². The molecule has 1 aliphatic rings. The van der Waals surface area contributed by atoms with Crippen molar-refractivity contribution in [2.45, 2.75) is 36.5 Å². The molecule has 1 aromatic carbocycles. The van der Waals surface area contributed by atoms with Crippen molar-refractivity contribution in [1.29, 1.82) is 0 Å². The Labute approximate surface area is 168 Å². The standard InChI is InChI=1S/C19H20ClN3O4S/c1-28(26,27)17-5-3-13(10-16(17)20)15(9-12-2-4-14(24)8-12)19(25)23-18-11-21-6-7-22-18/h3,5-7,10-12,15H,2,4,8-9H2,1H3,(H,22,23,25)/t12?,15-/m1/s1. The first-order chi connectivity index (χ1) is 13.2. The van der Waals surface area contributed by atoms with E-state index in [1.54, 1.807) is 6.07 Å². The predicted octanol–water partition coefficient (Wildman–Crippen LogP) is 3.02. The van der Waals surface area contributed by atoms with E-state index in [-0.39, 0.29) is 27.5 Å².